The second-order valence-corrected chi connectivity index (χ2v) is 3.98. The van der Waals surface area contributed by atoms with Crippen LogP contribution in [0, 0.1) is 6.92 Å². The Labute approximate surface area is 106 Å². The molecule has 3 N–H and O–H groups in total. The molecule has 0 saturated heterocycles. The van der Waals surface area contributed by atoms with Crippen molar-refractivity contribution >= 4 is 17.6 Å². The highest BCUT2D eigenvalue weighted by Crippen LogP contribution is 2.17. The largest absolute Gasteiger partial charge is 0.449 e. The topological polar surface area (TPSA) is 81.4 Å². The van der Waals surface area contributed by atoms with Crippen LogP contribution < -0.4 is 11.1 Å². The number of likely N-dealkylation sites (N-methyl/N-ethyl adjacent to an activating group) is 1. The van der Waals surface area contributed by atoms with E-state index in [0.29, 0.717) is 12.2 Å². The molecule has 1 rings (SSSR count). The van der Waals surface area contributed by atoms with Crippen molar-refractivity contribution in [3.8, 4) is 0 Å². The van der Waals surface area contributed by atoms with Crippen molar-refractivity contribution in [2.45, 2.75) is 26.9 Å². The van der Waals surface area contributed by atoms with Crippen LogP contribution in [0.4, 0.5) is 5.69 Å². The lowest BCUT2D eigenvalue weighted by atomic mass is 10.1. The number of anilines is 1. The van der Waals surface area contributed by atoms with Crippen molar-refractivity contribution in [1.29, 1.82) is 0 Å². The first-order valence-corrected chi connectivity index (χ1v) is 5.81. The SMILES string of the molecule is CCNC(=O)C(C)OC(=O)c1cccc(C)c1N. The molecule has 5 nitrogen and oxygen atoms in total. The van der Waals surface area contributed by atoms with E-state index in [0.717, 1.165) is 5.56 Å². The van der Waals surface area contributed by atoms with E-state index < -0.39 is 12.1 Å². The quantitative estimate of drug-likeness (QED) is 0.622. The molecule has 0 heterocycles. The molecular formula is C13H18N2O3. The number of hydrogen-bond donors (Lipinski definition) is 2. The molecule has 1 aromatic carbocycles. The van der Waals surface area contributed by atoms with E-state index in [1.807, 2.05) is 0 Å². The van der Waals surface area contributed by atoms with Gasteiger partial charge in [0.25, 0.3) is 5.91 Å². The molecule has 1 unspecified atom stereocenters. The van der Waals surface area contributed by atoms with Gasteiger partial charge < -0.3 is 15.8 Å². The number of aryl methyl sites for hydroxylation is 1. The third-order valence-corrected chi connectivity index (χ3v) is 2.55. The van der Waals surface area contributed by atoms with Crippen molar-refractivity contribution in [3.05, 3.63) is 29.3 Å². The summed E-state index contributed by atoms with van der Waals surface area (Å²) in [7, 11) is 0. The van der Waals surface area contributed by atoms with Gasteiger partial charge in [-0.2, -0.15) is 0 Å². The van der Waals surface area contributed by atoms with Crippen molar-refractivity contribution in [3.63, 3.8) is 0 Å². The highest BCUT2D eigenvalue weighted by molar-refractivity contribution is 5.97. The number of carbonyl (C=O) groups excluding carboxylic acids is 2. The third-order valence-electron chi connectivity index (χ3n) is 2.55. The van der Waals surface area contributed by atoms with Crippen LogP contribution in [0.3, 0.4) is 0 Å². The van der Waals surface area contributed by atoms with Gasteiger partial charge in [0.05, 0.1) is 5.56 Å². The Balaban J connectivity index is 2.77. The van der Waals surface area contributed by atoms with Crippen LogP contribution in [0.25, 0.3) is 0 Å². The number of rotatable bonds is 4. The Hall–Kier alpha value is -2.04. The molecule has 18 heavy (non-hydrogen) atoms. The van der Waals surface area contributed by atoms with E-state index in [1.54, 1.807) is 32.0 Å². The standard InChI is InChI=1S/C13H18N2O3/c1-4-15-12(16)9(3)18-13(17)10-7-5-6-8(2)11(10)14/h5-7,9H,4,14H2,1-3H3,(H,15,16). The monoisotopic (exact) mass is 250 g/mol. The summed E-state index contributed by atoms with van der Waals surface area (Å²) < 4.78 is 5.06. The molecule has 0 aliphatic rings. The number of carbonyl (C=O) groups is 2. The zero-order valence-electron chi connectivity index (χ0n) is 10.8. The predicted molar refractivity (Wildman–Crippen MR) is 69.2 cm³/mol. The van der Waals surface area contributed by atoms with Crippen molar-refractivity contribution in [2.75, 3.05) is 12.3 Å². The zero-order chi connectivity index (χ0) is 13.7. The minimum atomic E-state index is -0.836. The molecule has 1 aromatic rings. The second kappa shape index (κ2) is 6.05. The van der Waals surface area contributed by atoms with E-state index in [-0.39, 0.29) is 11.5 Å². The van der Waals surface area contributed by atoms with Gasteiger partial charge in [-0.25, -0.2) is 4.79 Å². The van der Waals surface area contributed by atoms with E-state index >= 15 is 0 Å². The molecule has 0 aliphatic carbocycles. The van der Waals surface area contributed by atoms with Crippen LogP contribution in [0.1, 0.15) is 29.8 Å². The van der Waals surface area contributed by atoms with Gasteiger partial charge in [-0.1, -0.05) is 12.1 Å². The molecule has 0 aliphatic heterocycles. The van der Waals surface area contributed by atoms with Gasteiger partial charge in [0.15, 0.2) is 6.10 Å². The number of benzene rings is 1. The molecule has 5 heteroatoms. The minimum absolute atomic E-state index is 0.283. The van der Waals surface area contributed by atoms with Crippen molar-refractivity contribution in [1.82, 2.24) is 5.32 Å². The third kappa shape index (κ3) is 3.23. The zero-order valence-corrected chi connectivity index (χ0v) is 10.8. The molecule has 0 bridgehead atoms. The van der Waals surface area contributed by atoms with Crippen LogP contribution in [0.2, 0.25) is 0 Å². The molecule has 0 saturated carbocycles. The smallest absolute Gasteiger partial charge is 0.341 e. The highest BCUT2D eigenvalue weighted by atomic mass is 16.5. The lowest BCUT2D eigenvalue weighted by molar-refractivity contribution is -0.128. The molecule has 0 radical (unpaired) electrons. The molecule has 1 amide bonds. The fourth-order valence-corrected chi connectivity index (χ4v) is 1.45. The summed E-state index contributed by atoms with van der Waals surface area (Å²) in [6.45, 7) is 5.62. The summed E-state index contributed by atoms with van der Waals surface area (Å²) in [4.78, 5) is 23.3. The van der Waals surface area contributed by atoms with E-state index in [9.17, 15) is 9.59 Å². The molecular weight excluding hydrogens is 232 g/mol. The number of nitrogen functional groups attached to an aromatic ring is 1. The Morgan fingerprint density at radius 2 is 2.11 bits per heavy atom. The van der Waals surface area contributed by atoms with Crippen LogP contribution >= 0.6 is 0 Å². The number of nitrogens with one attached hydrogen (secondary N) is 1. The Bertz CT molecular complexity index is 458. The second-order valence-electron chi connectivity index (χ2n) is 3.98. The predicted octanol–water partition coefficient (Wildman–Crippen LogP) is 1.26. The van der Waals surface area contributed by atoms with E-state index in [2.05, 4.69) is 5.32 Å². The average molecular weight is 250 g/mol. The summed E-state index contributed by atoms with van der Waals surface area (Å²) in [6.07, 6.45) is -0.836. The van der Waals surface area contributed by atoms with Gasteiger partial charge >= 0.3 is 5.97 Å². The van der Waals surface area contributed by atoms with Gasteiger partial charge in [-0.05, 0) is 32.4 Å². The number of nitrogens with two attached hydrogens (primary N) is 1. The van der Waals surface area contributed by atoms with Gasteiger partial charge in [-0.15, -0.1) is 0 Å². The van der Waals surface area contributed by atoms with Crippen molar-refractivity contribution in [2.24, 2.45) is 0 Å². The lowest BCUT2D eigenvalue weighted by Crippen LogP contribution is -2.35. The molecule has 0 aromatic heterocycles. The molecule has 0 spiro atoms. The Morgan fingerprint density at radius 3 is 2.72 bits per heavy atom. The van der Waals surface area contributed by atoms with Crippen LogP contribution in [0.5, 0.6) is 0 Å². The maximum atomic E-state index is 11.9. The molecule has 1 atom stereocenters. The van der Waals surface area contributed by atoms with Crippen LogP contribution in [-0.4, -0.2) is 24.5 Å². The van der Waals surface area contributed by atoms with Crippen molar-refractivity contribution < 1.29 is 14.3 Å². The summed E-state index contributed by atoms with van der Waals surface area (Å²) in [5.74, 6) is -0.910. The Kier molecular flexibility index (Phi) is 4.71. The summed E-state index contributed by atoms with van der Waals surface area (Å²) in [5.41, 5.74) is 7.26. The Morgan fingerprint density at radius 1 is 1.44 bits per heavy atom. The number of ether oxygens (including phenoxy) is 1. The summed E-state index contributed by atoms with van der Waals surface area (Å²) in [5, 5.41) is 2.58. The summed E-state index contributed by atoms with van der Waals surface area (Å²) >= 11 is 0. The first-order chi connectivity index (χ1) is 8.47. The maximum absolute atomic E-state index is 11.9. The fourth-order valence-electron chi connectivity index (χ4n) is 1.45. The van der Waals surface area contributed by atoms with Crippen LogP contribution in [0.15, 0.2) is 18.2 Å². The number of para-hydroxylation sites is 1. The minimum Gasteiger partial charge on any atom is -0.449 e. The normalized spacial score (nSPS) is 11.7. The van der Waals surface area contributed by atoms with Gasteiger partial charge in [0, 0.05) is 12.2 Å². The van der Waals surface area contributed by atoms with Crippen LogP contribution in [-0.2, 0) is 9.53 Å². The highest BCUT2D eigenvalue weighted by Gasteiger charge is 2.19. The first kappa shape index (κ1) is 14.0. The van der Waals surface area contributed by atoms with E-state index in [4.69, 9.17) is 10.5 Å². The lowest BCUT2D eigenvalue weighted by Gasteiger charge is -2.14. The maximum Gasteiger partial charge on any atom is 0.341 e. The van der Waals surface area contributed by atoms with Gasteiger partial charge in [0.1, 0.15) is 0 Å². The summed E-state index contributed by atoms with van der Waals surface area (Å²) in [6, 6.07) is 5.10. The average Bonchev–Trinajstić information content (AvgIpc) is 2.32. The number of amides is 1. The molecule has 0 fully saturated rings. The van der Waals surface area contributed by atoms with Gasteiger partial charge in [0.2, 0.25) is 0 Å². The van der Waals surface area contributed by atoms with Gasteiger partial charge in [-0.3, -0.25) is 4.79 Å². The molecule has 98 valence electrons. The number of hydrogen-bond acceptors (Lipinski definition) is 4. The fraction of sp³-hybridized carbons (Fsp3) is 0.385. The number of esters is 1. The first-order valence-electron chi connectivity index (χ1n) is 5.81. The van der Waals surface area contributed by atoms with E-state index in [1.165, 1.54) is 6.92 Å².